The van der Waals surface area contributed by atoms with Crippen LogP contribution in [0.15, 0.2) is 0 Å². The van der Waals surface area contributed by atoms with Crippen LogP contribution < -0.4 is 10.6 Å². The SMILES string of the molecule is CCCC(NC(=O)NC(C)CC(C)CC)C(=O)O. The maximum Gasteiger partial charge on any atom is 0.326 e. The molecule has 0 spiro atoms. The number of carbonyl (C=O) groups is 2. The second-order valence-electron chi connectivity index (χ2n) is 4.95. The van der Waals surface area contributed by atoms with Gasteiger partial charge in [-0.15, -0.1) is 0 Å². The van der Waals surface area contributed by atoms with E-state index in [-0.39, 0.29) is 6.04 Å². The Morgan fingerprint density at radius 3 is 2.22 bits per heavy atom. The Hall–Kier alpha value is -1.26. The zero-order valence-corrected chi connectivity index (χ0v) is 11.8. The van der Waals surface area contributed by atoms with E-state index in [2.05, 4.69) is 24.5 Å². The predicted octanol–water partition coefficient (Wildman–Crippen LogP) is 2.36. The molecule has 3 atom stereocenters. The molecular weight excluding hydrogens is 232 g/mol. The van der Waals surface area contributed by atoms with Gasteiger partial charge in [0.1, 0.15) is 6.04 Å². The third kappa shape index (κ3) is 7.14. The van der Waals surface area contributed by atoms with E-state index in [0.29, 0.717) is 12.3 Å². The molecule has 0 heterocycles. The van der Waals surface area contributed by atoms with Crippen LogP contribution in [-0.2, 0) is 4.79 Å². The summed E-state index contributed by atoms with van der Waals surface area (Å²) in [6, 6.07) is -1.14. The lowest BCUT2D eigenvalue weighted by Gasteiger charge is -2.20. The first-order valence-corrected chi connectivity index (χ1v) is 6.70. The average Bonchev–Trinajstić information content (AvgIpc) is 2.27. The van der Waals surface area contributed by atoms with E-state index in [9.17, 15) is 9.59 Å². The highest BCUT2D eigenvalue weighted by molar-refractivity contribution is 5.82. The summed E-state index contributed by atoms with van der Waals surface area (Å²) in [5, 5.41) is 14.2. The molecule has 2 amide bonds. The molecule has 5 heteroatoms. The summed E-state index contributed by atoms with van der Waals surface area (Å²) >= 11 is 0. The lowest BCUT2D eigenvalue weighted by atomic mass is 10.0. The van der Waals surface area contributed by atoms with Crippen molar-refractivity contribution in [1.82, 2.24) is 10.6 Å². The van der Waals surface area contributed by atoms with Gasteiger partial charge in [0, 0.05) is 6.04 Å². The first-order chi connectivity index (χ1) is 8.40. The molecule has 0 saturated heterocycles. The van der Waals surface area contributed by atoms with Crippen LogP contribution in [0.5, 0.6) is 0 Å². The Labute approximate surface area is 109 Å². The Bertz CT molecular complexity index is 269. The molecule has 0 radical (unpaired) electrons. The molecule has 0 saturated carbocycles. The van der Waals surface area contributed by atoms with Crippen LogP contribution in [0.25, 0.3) is 0 Å². The predicted molar refractivity (Wildman–Crippen MR) is 71.5 cm³/mol. The Balaban J connectivity index is 4.11. The van der Waals surface area contributed by atoms with Crippen LogP contribution in [0.4, 0.5) is 4.79 Å². The molecule has 3 N–H and O–H groups in total. The Morgan fingerprint density at radius 1 is 1.17 bits per heavy atom. The van der Waals surface area contributed by atoms with E-state index in [1.54, 1.807) is 0 Å². The molecule has 0 aromatic rings. The van der Waals surface area contributed by atoms with E-state index in [0.717, 1.165) is 19.3 Å². The minimum atomic E-state index is -0.985. The summed E-state index contributed by atoms with van der Waals surface area (Å²) in [4.78, 5) is 22.5. The molecular formula is C13H26N2O3. The summed E-state index contributed by atoms with van der Waals surface area (Å²) in [5.41, 5.74) is 0. The molecule has 0 aliphatic carbocycles. The lowest BCUT2D eigenvalue weighted by Crippen LogP contribution is -2.48. The Kier molecular flexibility index (Phi) is 8.16. The van der Waals surface area contributed by atoms with Gasteiger partial charge in [0.25, 0.3) is 0 Å². The second-order valence-corrected chi connectivity index (χ2v) is 4.95. The number of hydrogen-bond acceptors (Lipinski definition) is 2. The number of aliphatic carboxylic acids is 1. The largest absolute Gasteiger partial charge is 0.480 e. The monoisotopic (exact) mass is 258 g/mol. The van der Waals surface area contributed by atoms with Gasteiger partial charge in [-0.05, 0) is 25.7 Å². The van der Waals surface area contributed by atoms with E-state index in [4.69, 9.17) is 5.11 Å². The van der Waals surface area contributed by atoms with E-state index < -0.39 is 18.0 Å². The highest BCUT2D eigenvalue weighted by Crippen LogP contribution is 2.09. The van der Waals surface area contributed by atoms with Crippen molar-refractivity contribution < 1.29 is 14.7 Å². The molecule has 0 rings (SSSR count). The lowest BCUT2D eigenvalue weighted by molar-refractivity contribution is -0.139. The minimum absolute atomic E-state index is 0.0519. The molecule has 0 fully saturated rings. The maximum absolute atomic E-state index is 11.6. The summed E-state index contributed by atoms with van der Waals surface area (Å²) in [6.45, 7) is 8.06. The molecule has 5 nitrogen and oxygen atoms in total. The third-order valence-corrected chi connectivity index (χ3v) is 3.01. The van der Waals surface area contributed by atoms with Crippen LogP contribution in [-0.4, -0.2) is 29.2 Å². The molecule has 106 valence electrons. The number of hydrogen-bond donors (Lipinski definition) is 3. The van der Waals surface area contributed by atoms with Gasteiger partial charge in [-0.3, -0.25) is 0 Å². The second kappa shape index (κ2) is 8.78. The summed E-state index contributed by atoms with van der Waals surface area (Å²) < 4.78 is 0. The van der Waals surface area contributed by atoms with E-state index >= 15 is 0 Å². The van der Waals surface area contributed by atoms with Crippen LogP contribution in [0.3, 0.4) is 0 Å². The number of rotatable bonds is 8. The van der Waals surface area contributed by atoms with Crippen molar-refractivity contribution in [3.05, 3.63) is 0 Å². The van der Waals surface area contributed by atoms with Crippen molar-refractivity contribution in [3.63, 3.8) is 0 Å². The number of urea groups is 1. The molecule has 3 unspecified atom stereocenters. The fourth-order valence-electron chi connectivity index (χ4n) is 1.80. The number of carboxylic acids is 1. The smallest absolute Gasteiger partial charge is 0.326 e. The van der Waals surface area contributed by atoms with Crippen LogP contribution in [0.2, 0.25) is 0 Å². The number of carbonyl (C=O) groups excluding carboxylic acids is 1. The first kappa shape index (κ1) is 16.7. The molecule has 18 heavy (non-hydrogen) atoms. The van der Waals surface area contributed by atoms with Crippen molar-refractivity contribution in [2.24, 2.45) is 5.92 Å². The molecule has 0 aliphatic heterocycles. The topological polar surface area (TPSA) is 78.4 Å². The van der Waals surface area contributed by atoms with Crippen LogP contribution >= 0.6 is 0 Å². The van der Waals surface area contributed by atoms with Gasteiger partial charge in [0.05, 0.1) is 0 Å². The van der Waals surface area contributed by atoms with E-state index in [1.165, 1.54) is 0 Å². The van der Waals surface area contributed by atoms with Gasteiger partial charge in [-0.25, -0.2) is 9.59 Å². The standard InChI is InChI=1S/C13H26N2O3/c1-5-7-11(12(16)17)15-13(18)14-10(4)8-9(3)6-2/h9-11H,5-8H2,1-4H3,(H,16,17)(H2,14,15,18). The summed E-state index contributed by atoms with van der Waals surface area (Å²) in [5.74, 6) is -0.437. The van der Waals surface area contributed by atoms with Gasteiger partial charge in [-0.1, -0.05) is 33.6 Å². The van der Waals surface area contributed by atoms with Gasteiger partial charge in [-0.2, -0.15) is 0 Å². The van der Waals surface area contributed by atoms with Crippen molar-refractivity contribution in [2.45, 2.75) is 65.5 Å². The van der Waals surface area contributed by atoms with Crippen LogP contribution in [0.1, 0.15) is 53.4 Å². The van der Waals surface area contributed by atoms with Gasteiger partial charge >= 0.3 is 12.0 Å². The fourth-order valence-corrected chi connectivity index (χ4v) is 1.80. The quantitative estimate of drug-likeness (QED) is 0.625. The van der Waals surface area contributed by atoms with Gasteiger partial charge in [0.2, 0.25) is 0 Å². The van der Waals surface area contributed by atoms with Gasteiger partial charge < -0.3 is 15.7 Å². The van der Waals surface area contributed by atoms with Gasteiger partial charge in [0.15, 0.2) is 0 Å². The Morgan fingerprint density at radius 2 is 1.78 bits per heavy atom. The third-order valence-electron chi connectivity index (χ3n) is 3.01. The molecule has 0 bridgehead atoms. The highest BCUT2D eigenvalue weighted by atomic mass is 16.4. The fraction of sp³-hybridized carbons (Fsp3) is 0.846. The van der Waals surface area contributed by atoms with Crippen LogP contribution in [0, 0.1) is 5.92 Å². The zero-order valence-electron chi connectivity index (χ0n) is 11.8. The van der Waals surface area contributed by atoms with Crippen molar-refractivity contribution in [3.8, 4) is 0 Å². The molecule has 0 aromatic carbocycles. The zero-order chi connectivity index (χ0) is 14.1. The summed E-state index contributed by atoms with van der Waals surface area (Å²) in [6.07, 6.45) is 3.14. The van der Waals surface area contributed by atoms with E-state index in [1.807, 2.05) is 13.8 Å². The van der Waals surface area contributed by atoms with Crippen molar-refractivity contribution >= 4 is 12.0 Å². The minimum Gasteiger partial charge on any atom is -0.480 e. The van der Waals surface area contributed by atoms with Crippen molar-refractivity contribution in [2.75, 3.05) is 0 Å². The normalized spacial score (nSPS) is 15.6. The highest BCUT2D eigenvalue weighted by Gasteiger charge is 2.19. The number of amides is 2. The number of carboxylic acid groups (broad SMARTS) is 1. The number of nitrogens with one attached hydrogen (secondary N) is 2. The summed E-state index contributed by atoms with van der Waals surface area (Å²) in [7, 11) is 0. The molecule has 0 aliphatic rings. The molecule has 0 aromatic heterocycles. The maximum atomic E-state index is 11.6. The first-order valence-electron chi connectivity index (χ1n) is 6.70. The average molecular weight is 258 g/mol. The van der Waals surface area contributed by atoms with Crippen molar-refractivity contribution in [1.29, 1.82) is 0 Å².